The molecule has 1 amide bonds. The quantitative estimate of drug-likeness (QED) is 0.268. The lowest BCUT2D eigenvalue weighted by molar-refractivity contribution is 0.0976. The molecule has 5 nitrogen and oxygen atoms in total. The fourth-order valence-electron chi connectivity index (χ4n) is 3.66. The zero-order chi connectivity index (χ0) is 23.2. The van der Waals surface area contributed by atoms with Crippen LogP contribution in [-0.2, 0) is 12.8 Å². The van der Waals surface area contributed by atoms with Gasteiger partial charge in [0.1, 0.15) is 5.82 Å². The maximum Gasteiger partial charge on any atom is 0.258 e. The van der Waals surface area contributed by atoms with E-state index in [2.05, 4.69) is 33.6 Å². The summed E-state index contributed by atoms with van der Waals surface area (Å²) < 4.78 is 14.0. The average molecular weight is 443 g/mol. The van der Waals surface area contributed by atoms with Crippen LogP contribution in [0.4, 0.5) is 10.1 Å². The Morgan fingerprint density at radius 2 is 1.91 bits per heavy atom. The Morgan fingerprint density at radius 1 is 1.06 bits per heavy atom. The van der Waals surface area contributed by atoms with Crippen LogP contribution in [0, 0.1) is 12.7 Å². The van der Waals surface area contributed by atoms with E-state index in [1.165, 1.54) is 11.6 Å². The molecule has 0 radical (unpaired) electrons. The van der Waals surface area contributed by atoms with Gasteiger partial charge in [0.2, 0.25) is 5.96 Å². The third-order valence-electron chi connectivity index (χ3n) is 5.59. The smallest absolute Gasteiger partial charge is 0.258 e. The molecule has 4 aromatic rings. The predicted molar refractivity (Wildman–Crippen MR) is 132 cm³/mol. The summed E-state index contributed by atoms with van der Waals surface area (Å²) in [5.41, 5.74) is 4.98. The lowest BCUT2D eigenvalue weighted by Crippen LogP contribution is -2.36. The number of hydrogen-bond acceptors (Lipinski definition) is 2. The van der Waals surface area contributed by atoms with Gasteiger partial charge in [0.15, 0.2) is 0 Å². The first-order valence-corrected chi connectivity index (χ1v) is 11.1. The Balaban J connectivity index is 1.54. The van der Waals surface area contributed by atoms with Crippen molar-refractivity contribution < 1.29 is 9.18 Å². The van der Waals surface area contributed by atoms with Crippen LogP contribution in [0.25, 0.3) is 10.9 Å². The zero-order valence-electron chi connectivity index (χ0n) is 18.8. The number of carbonyl (C=O) groups excluding carboxylic acids is 1. The molecule has 0 atom stereocenters. The second-order valence-electron chi connectivity index (χ2n) is 7.94. The first-order valence-electron chi connectivity index (χ1n) is 11.1. The number of hydrogen-bond donors (Lipinski definition) is 3. The van der Waals surface area contributed by atoms with Crippen LogP contribution in [0.5, 0.6) is 0 Å². The van der Waals surface area contributed by atoms with Gasteiger partial charge >= 0.3 is 0 Å². The molecule has 3 N–H and O–H groups in total. The highest BCUT2D eigenvalue weighted by molar-refractivity contribution is 6.10. The van der Waals surface area contributed by atoms with E-state index in [4.69, 9.17) is 0 Å². The molecule has 0 saturated heterocycles. The van der Waals surface area contributed by atoms with Crippen molar-refractivity contribution in [3.63, 3.8) is 0 Å². The number of fused-ring (bicyclic) bond motifs is 1. The number of guanidine groups is 1. The summed E-state index contributed by atoms with van der Waals surface area (Å²) in [5.74, 6) is -0.503. The molecule has 3 aromatic carbocycles. The van der Waals surface area contributed by atoms with Gasteiger partial charge in [-0.2, -0.15) is 0 Å². The van der Waals surface area contributed by atoms with Crippen LogP contribution >= 0.6 is 0 Å². The molecular formula is C27H27FN4O. The normalized spacial score (nSPS) is 11.5. The topological polar surface area (TPSA) is 69.3 Å². The van der Waals surface area contributed by atoms with Gasteiger partial charge in [-0.05, 0) is 66.8 Å². The highest BCUT2D eigenvalue weighted by atomic mass is 19.1. The Hall–Kier alpha value is -3.93. The number of aliphatic imine (C=N–C) groups is 1. The Morgan fingerprint density at radius 3 is 2.73 bits per heavy atom. The molecule has 1 aromatic heterocycles. The molecule has 0 fully saturated rings. The number of amides is 1. The summed E-state index contributed by atoms with van der Waals surface area (Å²) in [6.45, 7) is 4.22. The maximum atomic E-state index is 14.0. The molecule has 0 spiro atoms. The molecule has 4 rings (SSSR count). The van der Waals surface area contributed by atoms with Crippen LogP contribution in [0.2, 0.25) is 0 Å². The van der Waals surface area contributed by atoms with Crippen molar-refractivity contribution in [2.45, 2.75) is 26.7 Å². The van der Waals surface area contributed by atoms with Crippen molar-refractivity contribution in [2.24, 2.45) is 4.99 Å². The van der Waals surface area contributed by atoms with Crippen LogP contribution in [0.1, 0.15) is 34.0 Å². The van der Waals surface area contributed by atoms with E-state index in [-0.39, 0.29) is 5.56 Å². The van der Waals surface area contributed by atoms with E-state index in [9.17, 15) is 9.18 Å². The molecule has 0 bridgehead atoms. The minimum atomic E-state index is -0.418. The van der Waals surface area contributed by atoms with Crippen molar-refractivity contribution >= 4 is 28.5 Å². The number of aromatic nitrogens is 1. The number of aryl methyl sites for hydroxylation is 2. The van der Waals surface area contributed by atoms with Crippen LogP contribution in [0.15, 0.2) is 77.9 Å². The number of nitrogens with one attached hydrogen (secondary N) is 3. The average Bonchev–Trinajstić information content (AvgIpc) is 3.24. The summed E-state index contributed by atoms with van der Waals surface area (Å²) in [4.78, 5) is 20.7. The van der Waals surface area contributed by atoms with E-state index < -0.39 is 11.7 Å². The Bertz CT molecular complexity index is 1310. The lowest BCUT2D eigenvalue weighted by Gasteiger charge is -2.13. The van der Waals surface area contributed by atoms with E-state index in [1.54, 1.807) is 19.1 Å². The van der Waals surface area contributed by atoms with Crippen molar-refractivity contribution in [1.29, 1.82) is 0 Å². The fraction of sp³-hybridized carbons (Fsp3) is 0.185. The first-order chi connectivity index (χ1) is 16.0. The van der Waals surface area contributed by atoms with Crippen molar-refractivity contribution in [3.05, 3.63) is 101 Å². The summed E-state index contributed by atoms with van der Waals surface area (Å²) in [6, 6.07) is 20.5. The van der Waals surface area contributed by atoms with Gasteiger partial charge in [-0.15, -0.1) is 0 Å². The van der Waals surface area contributed by atoms with Gasteiger partial charge in [-0.25, -0.2) is 4.39 Å². The number of aromatic amines is 1. The van der Waals surface area contributed by atoms with Gasteiger partial charge in [0, 0.05) is 34.9 Å². The Kier molecular flexibility index (Phi) is 6.83. The van der Waals surface area contributed by atoms with Gasteiger partial charge in [-0.3, -0.25) is 15.1 Å². The van der Waals surface area contributed by atoms with E-state index in [0.29, 0.717) is 24.5 Å². The van der Waals surface area contributed by atoms with Gasteiger partial charge < -0.3 is 10.3 Å². The van der Waals surface area contributed by atoms with Crippen LogP contribution in [0.3, 0.4) is 0 Å². The molecule has 168 valence electrons. The van der Waals surface area contributed by atoms with Gasteiger partial charge in [0.25, 0.3) is 5.91 Å². The molecule has 6 heteroatoms. The van der Waals surface area contributed by atoms with E-state index in [0.717, 1.165) is 28.6 Å². The highest BCUT2D eigenvalue weighted by Gasteiger charge is 2.12. The van der Waals surface area contributed by atoms with Crippen LogP contribution in [-0.4, -0.2) is 23.4 Å². The minimum Gasteiger partial charge on any atom is -0.361 e. The first kappa shape index (κ1) is 22.3. The molecule has 0 aliphatic heterocycles. The molecule has 1 heterocycles. The maximum absolute atomic E-state index is 14.0. The minimum absolute atomic E-state index is 0.242. The number of anilines is 1. The Labute approximate surface area is 192 Å². The van der Waals surface area contributed by atoms with Gasteiger partial charge in [0.05, 0.1) is 0 Å². The number of halogens is 1. The molecule has 0 aliphatic carbocycles. The molecule has 0 unspecified atom stereocenters. The third kappa shape index (κ3) is 5.47. The summed E-state index contributed by atoms with van der Waals surface area (Å²) in [5, 5.41) is 7.19. The number of carbonyl (C=O) groups is 1. The molecule has 0 saturated carbocycles. The summed E-state index contributed by atoms with van der Waals surface area (Å²) in [7, 11) is 0. The van der Waals surface area contributed by atoms with Crippen molar-refractivity contribution in [3.8, 4) is 0 Å². The van der Waals surface area contributed by atoms with Gasteiger partial charge in [-0.1, -0.05) is 43.3 Å². The van der Waals surface area contributed by atoms with E-state index in [1.807, 2.05) is 48.7 Å². The highest BCUT2D eigenvalue weighted by Crippen LogP contribution is 2.18. The predicted octanol–water partition coefficient (Wildman–Crippen LogP) is 5.62. The molecular weight excluding hydrogens is 415 g/mol. The zero-order valence-corrected chi connectivity index (χ0v) is 18.8. The lowest BCUT2D eigenvalue weighted by atomic mass is 10.1. The number of rotatable bonds is 6. The number of nitrogens with zero attached hydrogens (tertiary/aromatic N) is 1. The molecule has 33 heavy (non-hydrogen) atoms. The fourth-order valence-corrected chi connectivity index (χ4v) is 3.66. The third-order valence-corrected chi connectivity index (χ3v) is 5.59. The van der Waals surface area contributed by atoms with Crippen molar-refractivity contribution in [2.75, 3.05) is 11.9 Å². The van der Waals surface area contributed by atoms with E-state index >= 15 is 0 Å². The monoisotopic (exact) mass is 442 g/mol. The second-order valence-corrected chi connectivity index (χ2v) is 7.94. The number of H-pyrrole nitrogens is 1. The SMILES string of the molecule is CCc1cccc(NC(=NCCc2c[nH]c3ccccc23)NC(=O)c2ccc(C)c(F)c2)c1. The van der Waals surface area contributed by atoms with Crippen LogP contribution < -0.4 is 10.6 Å². The number of para-hydroxylation sites is 1. The summed E-state index contributed by atoms with van der Waals surface area (Å²) >= 11 is 0. The standard InChI is InChI=1S/C27H27FN4O/c1-3-19-7-6-8-22(15-19)31-27(32-26(33)20-12-11-18(2)24(28)16-20)29-14-13-21-17-30-25-10-5-4-9-23(21)25/h4-12,15-17,30H,3,13-14H2,1-2H3,(H2,29,31,32,33). The second kappa shape index (κ2) is 10.1. The van der Waals surface area contributed by atoms with Crippen molar-refractivity contribution in [1.82, 2.24) is 10.3 Å². The largest absolute Gasteiger partial charge is 0.361 e. The summed E-state index contributed by atoms with van der Waals surface area (Å²) in [6.07, 6.45) is 3.60. The molecule has 0 aliphatic rings. The number of benzene rings is 3.